The summed E-state index contributed by atoms with van der Waals surface area (Å²) >= 11 is 0. The van der Waals surface area contributed by atoms with Gasteiger partial charge >= 0.3 is 12.4 Å². The first-order chi connectivity index (χ1) is 24.3. The second kappa shape index (κ2) is 13.1. The molecule has 0 saturated heterocycles. The number of rotatable bonds is 7. The van der Waals surface area contributed by atoms with Crippen molar-refractivity contribution in [3.05, 3.63) is 173 Å². The maximum absolute atomic E-state index is 14.0. The van der Waals surface area contributed by atoms with Crippen molar-refractivity contribution in [3.63, 3.8) is 0 Å². The lowest BCUT2D eigenvalue weighted by molar-refractivity contribution is -0.436. The highest BCUT2D eigenvalue weighted by atomic mass is 19.4. The number of allylic oxidation sites excluding steroid dienone is 6. The minimum atomic E-state index is -4.97. The van der Waals surface area contributed by atoms with Crippen molar-refractivity contribution in [2.24, 2.45) is 0 Å². The van der Waals surface area contributed by atoms with Crippen LogP contribution in [0.5, 0.6) is 0 Å². The largest absolute Gasteiger partial charge is 0.416 e. The standard InChI is InChI=1S/C43H35F6N2/c1-41(2)37-18-11-12-19-38(37)50(24-23-29-13-5-3-6-14-29)39(41)20-8-4-7-16-34-25-31-22-21-30-15-9-10-17-36(30)40(31)51(34)35-27-32(42(44,45)46)26-33(28-35)43(47,48)49/h3-22,26-28H,23-25H2,1-2H3/q+1. The molecule has 7 rings (SSSR count). The van der Waals surface area contributed by atoms with E-state index in [-0.39, 0.29) is 17.2 Å². The van der Waals surface area contributed by atoms with Crippen LogP contribution in [0.2, 0.25) is 0 Å². The molecule has 2 aliphatic rings. The molecule has 51 heavy (non-hydrogen) atoms. The average molecular weight is 694 g/mol. The van der Waals surface area contributed by atoms with Gasteiger partial charge in [-0.05, 0) is 54.6 Å². The zero-order valence-electron chi connectivity index (χ0n) is 28.1. The Hall–Kier alpha value is -5.37. The van der Waals surface area contributed by atoms with Crippen molar-refractivity contribution in [1.82, 2.24) is 0 Å². The van der Waals surface area contributed by atoms with Gasteiger partial charge in [0.05, 0.1) is 22.2 Å². The van der Waals surface area contributed by atoms with E-state index in [4.69, 9.17) is 0 Å². The Morgan fingerprint density at radius 1 is 0.725 bits per heavy atom. The maximum Gasteiger partial charge on any atom is 0.416 e. The van der Waals surface area contributed by atoms with Gasteiger partial charge in [0.25, 0.3) is 0 Å². The summed E-state index contributed by atoms with van der Waals surface area (Å²) in [4.78, 5) is 1.53. The van der Waals surface area contributed by atoms with E-state index in [2.05, 4.69) is 48.8 Å². The molecule has 0 spiro atoms. The summed E-state index contributed by atoms with van der Waals surface area (Å²) in [5.74, 6) is 0. The van der Waals surface area contributed by atoms with Gasteiger partial charge in [-0.2, -0.15) is 30.9 Å². The Morgan fingerprint density at radius 3 is 2.12 bits per heavy atom. The van der Waals surface area contributed by atoms with Crippen molar-refractivity contribution >= 4 is 33.5 Å². The zero-order chi connectivity index (χ0) is 36.0. The predicted molar refractivity (Wildman–Crippen MR) is 192 cm³/mol. The van der Waals surface area contributed by atoms with E-state index in [0.29, 0.717) is 17.8 Å². The van der Waals surface area contributed by atoms with Crippen LogP contribution in [0.25, 0.3) is 10.8 Å². The fourth-order valence-electron chi connectivity index (χ4n) is 7.27. The van der Waals surface area contributed by atoms with Gasteiger partial charge in [-0.15, -0.1) is 0 Å². The highest BCUT2D eigenvalue weighted by Crippen LogP contribution is 2.48. The maximum atomic E-state index is 14.0. The molecule has 0 saturated carbocycles. The molecule has 5 aromatic carbocycles. The molecule has 258 valence electrons. The molecule has 5 aromatic rings. The number of anilines is 2. The van der Waals surface area contributed by atoms with Gasteiger partial charge in [0.2, 0.25) is 5.69 Å². The molecule has 2 heterocycles. The third kappa shape index (κ3) is 6.63. The van der Waals surface area contributed by atoms with Crippen molar-refractivity contribution in [3.8, 4) is 0 Å². The van der Waals surface area contributed by atoms with Crippen molar-refractivity contribution < 1.29 is 30.9 Å². The van der Waals surface area contributed by atoms with Crippen LogP contribution < -0.4 is 4.90 Å². The zero-order valence-corrected chi connectivity index (χ0v) is 28.1. The fourth-order valence-corrected chi connectivity index (χ4v) is 7.27. The summed E-state index contributed by atoms with van der Waals surface area (Å²) in [7, 11) is 0. The Balaban J connectivity index is 1.27. The van der Waals surface area contributed by atoms with Gasteiger partial charge in [-0.1, -0.05) is 103 Å². The predicted octanol–water partition coefficient (Wildman–Crippen LogP) is 11.9. The first-order valence-electron chi connectivity index (χ1n) is 16.7. The Kier molecular flexibility index (Phi) is 8.74. The van der Waals surface area contributed by atoms with Gasteiger partial charge in [-0.3, -0.25) is 0 Å². The van der Waals surface area contributed by atoms with Crippen molar-refractivity contribution in [2.45, 2.75) is 44.5 Å². The smallest absolute Gasteiger partial charge is 0.313 e. The molecular formula is C43H35F6N2+. The normalized spacial score (nSPS) is 16.6. The molecule has 0 N–H and O–H groups in total. The van der Waals surface area contributed by atoms with Gasteiger partial charge in [0.1, 0.15) is 0 Å². The van der Waals surface area contributed by atoms with E-state index in [0.717, 1.165) is 52.8 Å². The van der Waals surface area contributed by atoms with Gasteiger partial charge in [0.15, 0.2) is 12.3 Å². The van der Waals surface area contributed by atoms with Crippen LogP contribution in [0.3, 0.4) is 0 Å². The number of hydrogen-bond donors (Lipinski definition) is 0. The summed E-state index contributed by atoms with van der Waals surface area (Å²) in [5.41, 5.74) is 3.54. The monoisotopic (exact) mass is 693 g/mol. The third-order valence-electron chi connectivity index (χ3n) is 9.73. The molecule has 0 amide bonds. The van der Waals surface area contributed by atoms with Gasteiger partial charge < -0.3 is 4.90 Å². The number of halogens is 6. The second-order valence-corrected chi connectivity index (χ2v) is 13.4. The van der Waals surface area contributed by atoms with Crippen molar-refractivity contribution in [1.29, 1.82) is 0 Å². The number of nitrogens with zero attached hydrogens (tertiary/aromatic N) is 2. The molecule has 0 atom stereocenters. The van der Waals surface area contributed by atoms with Crippen LogP contribution in [0.1, 0.15) is 41.7 Å². The fraction of sp³-hybridized carbons (Fsp3) is 0.186. The van der Waals surface area contributed by atoms with Crippen LogP contribution >= 0.6 is 0 Å². The molecule has 0 bridgehead atoms. The van der Waals surface area contributed by atoms with Crippen LogP contribution in [0.15, 0.2) is 145 Å². The van der Waals surface area contributed by atoms with E-state index in [1.807, 2.05) is 78.9 Å². The van der Waals surface area contributed by atoms with E-state index < -0.39 is 23.5 Å². The average Bonchev–Trinajstić information content (AvgIpc) is 3.58. The first-order valence-corrected chi connectivity index (χ1v) is 16.7. The molecule has 0 fully saturated rings. The molecule has 8 heteroatoms. The quantitative estimate of drug-likeness (QED) is 0.0934. The van der Waals surface area contributed by atoms with E-state index in [9.17, 15) is 26.3 Å². The second-order valence-electron chi connectivity index (χ2n) is 13.4. The van der Waals surface area contributed by atoms with E-state index >= 15 is 0 Å². The SMILES string of the molecule is CC1(C)C(/C=C/C=C/C=C2\Cc3ccc4ccccc4c3N2c2cc(C(F)(F)F)cc(C(F)(F)F)c2)=[N+](CCc2ccccc2)c2ccccc21. The number of fused-ring (bicyclic) bond motifs is 4. The summed E-state index contributed by atoms with van der Waals surface area (Å²) in [6.07, 6.45) is 0.675. The lowest BCUT2D eigenvalue weighted by atomic mass is 9.81. The molecule has 2 aliphatic heterocycles. The molecular weight excluding hydrogens is 658 g/mol. The first kappa shape index (κ1) is 34.1. The van der Waals surface area contributed by atoms with Gasteiger partial charge in [0, 0.05) is 47.3 Å². The van der Waals surface area contributed by atoms with Crippen LogP contribution in [-0.2, 0) is 30.6 Å². The van der Waals surface area contributed by atoms with Crippen molar-refractivity contribution in [2.75, 3.05) is 11.4 Å². The molecule has 0 radical (unpaired) electrons. The molecule has 2 nitrogen and oxygen atoms in total. The highest BCUT2D eigenvalue weighted by Gasteiger charge is 2.44. The third-order valence-corrected chi connectivity index (χ3v) is 9.73. The molecule has 0 aliphatic carbocycles. The number of hydrogen-bond acceptors (Lipinski definition) is 1. The van der Waals surface area contributed by atoms with E-state index in [1.54, 1.807) is 12.2 Å². The minimum absolute atomic E-state index is 0.168. The van der Waals surface area contributed by atoms with Crippen LogP contribution in [0.4, 0.5) is 43.4 Å². The summed E-state index contributed by atoms with van der Waals surface area (Å²) in [6, 6.07) is 31.6. The van der Waals surface area contributed by atoms with Crippen LogP contribution in [-0.4, -0.2) is 16.8 Å². The lowest BCUT2D eigenvalue weighted by Gasteiger charge is -2.25. The lowest BCUT2D eigenvalue weighted by Crippen LogP contribution is -2.28. The number of para-hydroxylation sites is 1. The molecule has 0 aromatic heterocycles. The van der Waals surface area contributed by atoms with Crippen LogP contribution in [0, 0.1) is 0 Å². The Bertz CT molecular complexity index is 2200. The number of alkyl halides is 6. The Labute approximate surface area is 293 Å². The Morgan fingerprint density at radius 2 is 1.39 bits per heavy atom. The van der Waals surface area contributed by atoms with Gasteiger partial charge in [-0.25, -0.2) is 0 Å². The highest BCUT2D eigenvalue weighted by molar-refractivity contribution is 6.03. The summed E-state index contributed by atoms with van der Waals surface area (Å²) in [6.45, 7) is 5.18. The number of benzene rings is 5. The van der Waals surface area contributed by atoms with E-state index in [1.165, 1.54) is 16.0 Å². The molecule has 0 unspecified atom stereocenters. The minimum Gasteiger partial charge on any atom is -0.313 e. The summed E-state index contributed by atoms with van der Waals surface area (Å²) < 4.78 is 86.1. The summed E-state index contributed by atoms with van der Waals surface area (Å²) in [5, 5.41) is 1.57. The topological polar surface area (TPSA) is 6.25 Å².